The molecule has 1 saturated heterocycles. The predicted octanol–water partition coefficient (Wildman–Crippen LogP) is 1.22. The zero-order valence-corrected chi connectivity index (χ0v) is 15.8. The minimum atomic E-state index is -1.02. The van der Waals surface area contributed by atoms with Crippen LogP contribution in [0.2, 0.25) is 0 Å². The highest BCUT2D eigenvalue weighted by molar-refractivity contribution is 7.80. The number of hydrogen-bond donors (Lipinski definition) is 2. The van der Waals surface area contributed by atoms with Crippen LogP contribution in [0.1, 0.15) is 16.8 Å². The summed E-state index contributed by atoms with van der Waals surface area (Å²) in [5, 5.41) is 1.27. The number of benzene rings is 2. The molecule has 0 bridgehead atoms. The highest BCUT2D eigenvalue weighted by atomic mass is 32.1. The maximum Gasteiger partial charge on any atom is 0.269 e. The Bertz CT molecular complexity index is 917. The van der Waals surface area contributed by atoms with E-state index in [1.165, 1.54) is 17.0 Å². The van der Waals surface area contributed by atoms with Crippen molar-refractivity contribution < 1.29 is 19.1 Å². The van der Waals surface area contributed by atoms with E-state index < -0.39 is 23.8 Å². The fourth-order valence-corrected chi connectivity index (χ4v) is 3.19. The molecule has 1 atom stereocenters. The van der Waals surface area contributed by atoms with E-state index in [9.17, 15) is 14.4 Å². The Morgan fingerprint density at radius 2 is 1.79 bits per heavy atom. The van der Waals surface area contributed by atoms with Gasteiger partial charge in [0.25, 0.3) is 11.8 Å². The number of hydrogen-bond acceptors (Lipinski definition) is 5. The summed E-state index contributed by atoms with van der Waals surface area (Å²) in [6.07, 6.45) is -0.287. The van der Waals surface area contributed by atoms with E-state index in [0.717, 1.165) is 0 Å². The molecule has 28 heavy (non-hydrogen) atoms. The summed E-state index contributed by atoms with van der Waals surface area (Å²) < 4.78 is 5.07. The van der Waals surface area contributed by atoms with Crippen molar-refractivity contribution in [2.75, 3.05) is 12.0 Å². The Hall–Kier alpha value is -3.46. The van der Waals surface area contributed by atoms with Gasteiger partial charge < -0.3 is 10.5 Å². The summed E-state index contributed by atoms with van der Waals surface area (Å²) in [5.74, 6) is -1.00. The van der Waals surface area contributed by atoms with Gasteiger partial charge in [-0.2, -0.15) is 0 Å². The molecule has 1 unspecified atom stereocenters. The average Bonchev–Trinajstić information content (AvgIpc) is 2.92. The van der Waals surface area contributed by atoms with E-state index in [4.69, 9.17) is 22.7 Å². The van der Waals surface area contributed by atoms with Crippen molar-refractivity contribution in [1.82, 2.24) is 10.4 Å². The van der Waals surface area contributed by atoms with Crippen molar-refractivity contribution in [1.29, 1.82) is 0 Å². The van der Waals surface area contributed by atoms with Gasteiger partial charge in [0.15, 0.2) is 0 Å². The second-order valence-electron chi connectivity index (χ2n) is 6.02. The minimum Gasteiger partial charge on any atom is -0.497 e. The fraction of sp³-hybridized carbons (Fsp3) is 0.158. The Kier molecular flexibility index (Phi) is 5.55. The van der Waals surface area contributed by atoms with E-state index in [0.29, 0.717) is 17.0 Å². The van der Waals surface area contributed by atoms with Gasteiger partial charge >= 0.3 is 0 Å². The number of methoxy groups -OCH3 is 1. The van der Waals surface area contributed by atoms with Crippen molar-refractivity contribution in [3.8, 4) is 5.75 Å². The van der Waals surface area contributed by atoms with Crippen molar-refractivity contribution in [3.05, 3.63) is 60.2 Å². The number of nitrogens with two attached hydrogens (primary N) is 1. The lowest BCUT2D eigenvalue weighted by Gasteiger charge is -2.24. The van der Waals surface area contributed by atoms with Crippen LogP contribution >= 0.6 is 12.2 Å². The number of anilines is 1. The highest BCUT2D eigenvalue weighted by Gasteiger charge is 2.45. The molecule has 0 spiro atoms. The van der Waals surface area contributed by atoms with Crippen molar-refractivity contribution >= 4 is 40.7 Å². The van der Waals surface area contributed by atoms with Crippen LogP contribution in [-0.4, -0.2) is 41.0 Å². The molecule has 0 aromatic heterocycles. The number of primary amides is 1. The molecule has 0 saturated carbocycles. The molecular formula is C19H18N4O4S. The Labute approximate surface area is 166 Å². The molecule has 1 fully saturated rings. The SMILES string of the molecule is COc1ccc(C(=O)NN2C(=S)N(c3ccccc3)C(=O)C2CC(N)=O)cc1. The number of para-hydroxylation sites is 1. The second kappa shape index (κ2) is 8.05. The van der Waals surface area contributed by atoms with Crippen LogP contribution in [0.15, 0.2) is 54.6 Å². The molecule has 1 aliphatic heterocycles. The molecule has 2 aromatic carbocycles. The molecule has 3 N–H and O–H groups in total. The minimum absolute atomic E-state index is 0.0595. The van der Waals surface area contributed by atoms with Gasteiger partial charge in [0.2, 0.25) is 11.0 Å². The third-order valence-electron chi connectivity index (χ3n) is 4.20. The Balaban J connectivity index is 1.87. The molecule has 0 aliphatic carbocycles. The number of rotatable bonds is 6. The predicted molar refractivity (Wildman–Crippen MR) is 106 cm³/mol. The third-order valence-corrected chi connectivity index (χ3v) is 4.58. The standard InChI is InChI=1S/C19H18N4O4S/c1-27-14-9-7-12(8-10-14)17(25)21-23-15(11-16(20)24)18(26)22(19(23)28)13-5-3-2-4-6-13/h2-10,15H,11H2,1H3,(H2,20,24)(H,21,25). The summed E-state index contributed by atoms with van der Waals surface area (Å²) in [6.45, 7) is 0. The number of amides is 3. The Morgan fingerprint density at radius 3 is 2.36 bits per heavy atom. The molecule has 0 radical (unpaired) electrons. The van der Waals surface area contributed by atoms with Crippen LogP contribution in [0, 0.1) is 0 Å². The highest BCUT2D eigenvalue weighted by Crippen LogP contribution is 2.26. The van der Waals surface area contributed by atoms with Gasteiger partial charge in [0.05, 0.1) is 19.2 Å². The number of nitrogens with zero attached hydrogens (tertiary/aromatic N) is 2. The van der Waals surface area contributed by atoms with E-state index in [1.54, 1.807) is 54.6 Å². The molecule has 1 heterocycles. The second-order valence-corrected chi connectivity index (χ2v) is 6.38. The van der Waals surface area contributed by atoms with Crippen LogP contribution in [0.4, 0.5) is 5.69 Å². The van der Waals surface area contributed by atoms with E-state index in [1.807, 2.05) is 0 Å². The quantitative estimate of drug-likeness (QED) is 0.709. The summed E-state index contributed by atoms with van der Waals surface area (Å²) >= 11 is 5.40. The summed E-state index contributed by atoms with van der Waals surface area (Å²) in [4.78, 5) is 38.3. The topological polar surface area (TPSA) is 105 Å². The van der Waals surface area contributed by atoms with Gasteiger partial charge in [-0.15, -0.1) is 0 Å². The maximum atomic E-state index is 12.9. The van der Waals surface area contributed by atoms with Crippen molar-refractivity contribution in [2.45, 2.75) is 12.5 Å². The lowest BCUT2D eigenvalue weighted by atomic mass is 10.2. The lowest BCUT2D eigenvalue weighted by molar-refractivity contribution is -0.125. The zero-order chi connectivity index (χ0) is 20.3. The molecular weight excluding hydrogens is 380 g/mol. The van der Waals surface area contributed by atoms with Gasteiger partial charge in [-0.25, -0.2) is 5.01 Å². The molecule has 1 aliphatic rings. The largest absolute Gasteiger partial charge is 0.497 e. The number of nitrogens with one attached hydrogen (secondary N) is 1. The maximum absolute atomic E-state index is 12.9. The van der Waals surface area contributed by atoms with Gasteiger partial charge in [-0.05, 0) is 48.6 Å². The van der Waals surface area contributed by atoms with Crippen molar-refractivity contribution in [3.63, 3.8) is 0 Å². The average molecular weight is 398 g/mol. The number of carbonyl (C=O) groups is 3. The van der Waals surface area contributed by atoms with E-state index in [-0.39, 0.29) is 11.5 Å². The van der Waals surface area contributed by atoms with Gasteiger partial charge in [-0.3, -0.25) is 24.7 Å². The summed E-state index contributed by atoms with van der Waals surface area (Å²) in [7, 11) is 1.52. The number of ether oxygens (including phenoxy) is 1. The van der Waals surface area contributed by atoms with E-state index >= 15 is 0 Å². The normalized spacial score (nSPS) is 16.2. The summed E-state index contributed by atoms with van der Waals surface area (Å²) in [6, 6.07) is 14.1. The molecule has 9 heteroatoms. The first-order valence-corrected chi connectivity index (χ1v) is 8.78. The van der Waals surface area contributed by atoms with Gasteiger partial charge in [0.1, 0.15) is 11.8 Å². The molecule has 2 aromatic rings. The van der Waals surface area contributed by atoms with Crippen LogP contribution in [-0.2, 0) is 9.59 Å². The zero-order valence-electron chi connectivity index (χ0n) is 15.0. The molecule has 8 nitrogen and oxygen atoms in total. The van der Waals surface area contributed by atoms with Crippen LogP contribution in [0.3, 0.4) is 0 Å². The van der Waals surface area contributed by atoms with Crippen LogP contribution < -0.4 is 20.8 Å². The molecule has 3 amide bonds. The molecule has 3 rings (SSSR count). The Morgan fingerprint density at radius 1 is 1.14 bits per heavy atom. The van der Waals surface area contributed by atoms with Gasteiger partial charge in [-0.1, -0.05) is 18.2 Å². The number of hydrazine groups is 1. The third kappa shape index (κ3) is 3.79. The van der Waals surface area contributed by atoms with E-state index in [2.05, 4.69) is 5.43 Å². The van der Waals surface area contributed by atoms with Gasteiger partial charge in [0, 0.05) is 5.56 Å². The molecule has 144 valence electrons. The number of thiocarbonyl (C=S) groups is 1. The monoisotopic (exact) mass is 398 g/mol. The van der Waals surface area contributed by atoms with Crippen LogP contribution in [0.25, 0.3) is 0 Å². The number of carbonyl (C=O) groups excluding carboxylic acids is 3. The fourth-order valence-electron chi connectivity index (χ4n) is 2.82. The smallest absolute Gasteiger partial charge is 0.269 e. The summed E-state index contributed by atoms with van der Waals surface area (Å²) in [5.41, 5.74) is 8.78. The van der Waals surface area contributed by atoms with Crippen LogP contribution in [0.5, 0.6) is 5.75 Å². The first-order chi connectivity index (χ1) is 13.4. The van der Waals surface area contributed by atoms with Crippen molar-refractivity contribution in [2.24, 2.45) is 5.73 Å². The first-order valence-electron chi connectivity index (χ1n) is 8.38. The first kappa shape index (κ1) is 19.3. The lowest BCUT2D eigenvalue weighted by Crippen LogP contribution is -2.49.